The lowest BCUT2D eigenvalue weighted by Crippen LogP contribution is -2.03. The van der Waals surface area contributed by atoms with Gasteiger partial charge >= 0.3 is 0 Å². The third-order valence-electron chi connectivity index (χ3n) is 2.91. The van der Waals surface area contributed by atoms with E-state index in [0.717, 1.165) is 26.9 Å². The highest BCUT2D eigenvalue weighted by atomic mass is 79.9. The molecular formula is C14H15BrO2S. The fourth-order valence-electron chi connectivity index (χ4n) is 1.94. The smallest absolute Gasteiger partial charge is 0.122 e. The van der Waals surface area contributed by atoms with Crippen LogP contribution in [0.5, 0.6) is 5.75 Å². The normalized spacial score (nSPS) is 12.4. The van der Waals surface area contributed by atoms with E-state index in [1.165, 1.54) is 0 Å². The van der Waals surface area contributed by atoms with Crippen LogP contribution < -0.4 is 4.74 Å². The van der Waals surface area contributed by atoms with Gasteiger partial charge in [-0.05, 0) is 52.6 Å². The van der Waals surface area contributed by atoms with E-state index >= 15 is 0 Å². The largest absolute Gasteiger partial charge is 0.496 e. The highest BCUT2D eigenvalue weighted by Crippen LogP contribution is 2.30. The highest BCUT2D eigenvalue weighted by molar-refractivity contribution is 9.10. The maximum atomic E-state index is 10.3. The molecule has 0 aliphatic heterocycles. The monoisotopic (exact) mass is 326 g/mol. The molecule has 0 aliphatic rings. The van der Waals surface area contributed by atoms with Gasteiger partial charge in [0.15, 0.2) is 0 Å². The van der Waals surface area contributed by atoms with Crippen molar-refractivity contribution in [1.29, 1.82) is 0 Å². The number of aliphatic hydroxyl groups is 1. The summed E-state index contributed by atoms with van der Waals surface area (Å²) in [4.78, 5) is 0. The Morgan fingerprint density at radius 1 is 1.39 bits per heavy atom. The molecule has 4 heteroatoms. The van der Waals surface area contributed by atoms with Crippen molar-refractivity contribution < 1.29 is 9.84 Å². The average Bonchev–Trinajstić information content (AvgIpc) is 2.76. The van der Waals surface area contributed by atoms with Gasteiger partial charge in [-0.25, -0.2) is 0 Å². The van der Waals surface area contributed by atoms with Crippen molar-refractivity contribution in [2.24, 2.45) is 0 Å². The third-order valence-corrected chi connectivity index (χ3v) is 4.28. The number of methoxy groups -OCH3 is 1. The molecule has 96 valence electrons. The summed E-state index contributed by atoms with van der Waals surface area (Å²) in [6.07, 6.45) is 0.0691. The zero-order valence-corrected chi connectivity index (χ0v) is 12.7. The maximum Gasteiger partial charge on any atom is 0.122 e. The third kappa shape index (κ3) is 2.94. The van der Waals surface area contributed by atoms with Crippen molar-refractivity contribution in [1.82, 2.24) is 0 Å². The van der Waals surface area contributed by atoms with Crippen LogP contribution in [-0.4, -0.2) is 12.2 Å². The number of aliphatic hydroxyl groups excluding tert-OH is 1. The average molecular weight is 327 g/mol. The van der Waals surface area contributed by atoms with Crippen LogP contribution in [0.15, 0.2) is 33.4 Å². The van der Waals surface area contributed by atoms with Crippen LogP contribution in [0.25, 0.3) is 0 Å². The van der Waals surface area contributed by atoms with Crippen LogP contribution in [0.4, 0.5) is 0 Å². The lowest BCUT2D eigenvalue weighted by molar-refractivity contribution is 0.177. The molecule has 0 spiro atoms. The summed E-state index contributed by atoms with van der Waals surface area (Å²) in [7, 11) is 1.65. The zero-order chi connectivity index (χ0) is 13.1. The summed E-state index contributed by atoms with van der Waals surface area (Å²) in [5.74, 6) is 0.810. The molecule has 1 heterocycles. The molecule has 1 atom stereocenters. The number of ether oxygens (including phenoxy) is 1. The van der Waals surface area contributed by atoms with Crippen LogP contribution in [0, 0.1) is 6.92 Å². The number of hydrogen-bond acceptors (Lipinski definition) is 3. The lowest BCUT2D eigenvalue weighted by atomic mass is 10.0. The van der Waals surface area contributed by atoms with Crippen LogP contribution in [-0.2, 0) is 6.42 Å². The van der Waals surface area contributed by atoms with E-state index in [2.05, 4.69) is 21.3 Å². The second-order valence-corrected chi connectivity index (χ2v) is 5.85. The molecule has 2 aromatic rings. The molecule has 0 fully saturated rings. The van der Waals surface area contributed by atoms with Gasteiger partial charge in [0.1, 0.15) is 5.75 Å². The van der Waals surface area contributed by atoms with Crippen LogP contribution >= 0.6 is 27.3 Å². The van der Waals surface area contributed by atoms with Gasteiger partial charge in [0, 0.05) is 10.9 Å². The molecule has 0 radical (unpaired) electrons. The highest BCUT2D eigenvalue weighted by Gasteiger charge is 2.14. The molecule has 1 N–H and O–H groups in total. The molecule has 1 aromatic carbocycles. The first-order chi connectivity index (χ1) is 8.61. The van der Waals surface area contributed by atoms with Crippen molar-refractivity contribution in [3.63, 3.8) is 0 Å². The molecule has 0 bridgehead atoms. The van der Waals surface area contributed by atoms with Gasteiger partial charge in [-0.2, -0.15) is 11.3 Å². The van der Waals surface area contributed by atoms with Gasteiger partial charge in [0.05, 0.1) is 13.2 Å². The molecule has 2 nitrogen and oxygen atoms in total. The van der Waals surface area contributed by atoms with Gasteiger partial charge < -0.3 is 9.84 Å². The molecule has 0 saturated heterocycles. The Kier molecular flexibility index (Phi) is 4.43. The summed E-state index contributed by atoms with van der Waals surface area (Å²) in [5.41, 5.74) is 3.15. The quantitative estimate of drug-likeness (QED) is 0.916. The molecule has 0 saturated carbocycles. The fraction of sp³-hybridized carbons (Fsp3) is 0.286. The van der Waals surface area contributed by atoms with Crippen molar-refractivity contribution in [3.8, 4) is 5.75 Å². The van der Waals surface area contributed by atoms with E-state index in [9.17, 15) is 5.11 Å². The minimum atomic E-state index is -0.487. The van der Waals surface area contributed by atoms with E-state index < -0.39 is 6.10 Å². The van der Waals surface area contributed by atoms with E-state index in [4.69, 9.17) is 4.74 Å². The van der Waals surface area contributed by atoms with Crippen LogP contribution in [0.3, 0.4) is 0 Å². The van der Waals surface area contributed by atoms with Gasteiger partial charge in [0.2, 0.25) is 0 Å². The Hall–Kier alpha value is -0.840. The maximum absolute atomic E-state index is 10.3. The Morgan fingerprint density at radius 2 is 2.17 bits per heavy atom. The summed E-state index contributed by atoms with van der Waals surface area (Å²) in [5, 5.41) is 14.3. The minimum Gasteiger partial charge on any atom is -0.496 e. The molecular weight excluding hydrogens is 312 g/mol. The van der Waals surface area contributed by atoms with Gasteiger partial charge in [0.25, 0.3) is 0 Å². The van der Waals surface area contributed by atoms with Crippen molar-refractivity contribution in [2.75, 3.05) is 7.11 Å². The van der Waals surface area contributed by atoms with E-state index in [1.54, 1.807) is 18.4 Å². The van der Waals surface area contributed by atoms with Crippen LogP contribution in [0.1, 0.15) is 22.8 Å². The second-order valence-electron chi connectivity index (χ2n) is 4.19. The van der Waals surface area contributed by atoms with Gasteiger partial charge in [-0.1, -0.05) is 15.9 Å². The minimum absolute atomic E-state index is 0.487. The fourth-order valence-corrected chi connectivity index (χ4v) is 3.24. The molecule has 0 amide bonds. The summed E-state index contributed by atoms with van der Waals surface area (Å²) in [6.45, 7) is 2.02. The van der Waals surface area contributed by atoms with Crippen molar-refractivity contribution in [2.45, 2.75) is 19.4 Å². The Bertz CT molecular complexity index is 536. The summed E-state index contributed by atoms with van der Waals surface area (Å²) < 4.78 is 6.31. The first kappa shape index (κ1) is 13.6. The molecule has 1 unspecified atom stereocenters. The topological polar surface area (TPSA) is 29.5 Å². The molecule has 0 aliphatic carbocycles. The molecule has 1 aromatic heterocycles. The van der Waals surface area contributed by atoms with Crippen molar-refractivity contribution >= 4 is 27.3 Å². The van der Waals surface area contributed by atoms with Gasteiger partial charge in [-0.3, -0.25) is 0 Å². The first-order valence-corrected chi connectivity index (χ1v) is 7.38. The molecule has 2 rings (SSSR count). The number of aryl methyl sites for hydroxylation is 1. The molecule has 18 heavy (non-hydrogen) atoms. The second kappa shape index (κ2) is 5.87. The van der Waals surface area contributed by atoms with Crippen LogP contribution in [0.2, 0.25) is 0 Å². The Labute approximate surface area is 119 Å². The number of benzene rings is 1. The number of halogens is 1. The van der Waals surface area contributed by atoms with E-state index in [-0.39, 0.29) is 0 Å². The van der Waals surface area contributed by atoms with E-state index in [0.29, 0.717) is 6.42 Å². The van der Waals surface area contributed by atoms with Crippen molar-refractivity contribution in [3.05, 3.63) is 50.1 Å². The lowest BCUT2D eigenvalue weighted by Gasteiger charge is -2.14. The number of hydrogen-bond donors (Lipinski definition) is 1. The number of thiophene rings is 1. The summed E-state index contributed by atoms with van der Waals surface area (Å²) >= 11 is 5.06. The SMILES string of the molecule is COc1ccc(Br)cc1CC(O)c1cscc1C. The Balaban J connectivity index is 2.23. The Morgan fingerprint density at radius 3 is 2.78 bits per heavy atom. The number of rotatable bonds is 4. The predicted octanol–water partition coefficient (Wildman–Crippen LogP) is 4.10. The first-order valence-electron chi connectivity index (χ1n) is 5.65. The standard InChI is InChI=1S/C14H15BrO2S/c1-9-7-18-8-12(9)13(16)6-10-5-11(15)3-4-14(10)17-2/h3-5,7-8,13,16H,6H2,1-2H3. The predicted molar refractivity (Wildman–Crippen MR) is 78.4 cm³/mol. The van der Waals surface area contributed by atoms with Gasteiger partial charge in [-0.15, -0.1) is 0 Å². The summed E-state index contributed by atoms with van der Waals surface area (Å²) in [6, 6.07) is 5.83. The van der Waals surface area contributed by atoms with E-state index in [1.807, 2.05) is 30.5 Å². The zero-order valence-electron chi connectivity index (χ0n) is 10.3.